The van der Waals surface area contributed by atoms with E-state index in [1.165, 1.54) is 54.9 Å². The summed E-state index contributed by atoms with van der Waals surface area (Å²) in [6.45, 7) is 38.5. The highest BCUT2D eigenvalue weighted by molar-refractivity contribution is 7.00. The first-order chi connectivity index (χ1) is 52.5. The van der Waals surface area contributed by atoms with Gasteiger partial charge in [-0.05, 0) is 214 Å². The summed E-state index contributed by atoms with van der Waals surface area (Å²) in [6.07, 6.45) is 0. The zero-order valence-corrected chi connectivity index (χ0v) is 66.3. The van der Waals surface area contributed by atoms with E-state index in [0.717, 1.165) is 128 Å². The van der Waals surface area contributed by atoms with Crippen LogP contribution in [0.2, 0.25) is 0 Å². The lowest BCUT2D eigenvalue weighted by atomic mass is 9.33. The van der Waals surface area contributed by atoms with Crippen LogP contribution in [0.4, 0.5) is 34.1 Å². The monoisotopic (exact) mass is 1410 g/mol. The summed E-state index contributed by atoms with van der Waals surface area (Å²) in [4.78, 5) is 5.03. The van der Waals surface area contributed by atoms with Crippen molar-refractivity contribution in [2.75, 3.05) is 9.80 Å². The van der Waals surface area contributed by atoms with Gasteiger partial charge in [0.2, 0.25) is 0 Å². The first-order valence-electron chi connectivity index (χ1n) is 40.3. The molecule has 0 fully saturated rings. The average Bonchev–Trinajstić information content (AvgIpc) is 0.903. The molecule has 15 aromatic rings. The second-order valence-electron chi connectivity index (χ2n) is 36.9. The number of nitrogens with zero attached hydrogens (tertiary/aromatic N) is 4. The standard InChI is InChI=1S/C103H101BN4/c1-64-52-93-95-94(53-64)108(97-81(67-36-28-22-29-37-67)58-74(103(17,18)19)59-82(97)68-38-30-23-31-39-68)92-63-76(106-89-60-71(100(8,9)10)40-46-77(89)78-47-41-72(61-90(78)106)101(11,12)13)45-49-86(92)104(95)85-48-44-75(105-87-50-42-69(98(2,3)4)54-83(87)84-55-70(99(5,6)7)43-51-88(84)105)62-91(85)107(93)96-79(65-32-24-20-25-33-65)56-73(102(14,15)16)57-80(96)66-34-26-21-27-35-66/h20-63H,1-19H3/i1D3. The molecule has 13 aromatic carbocycles. The Kier molecular flexibility index (Phi) is 15.5. The van der Waals surface area contributed by atoms with Gasteiger partial charge in [0.05, 0.1) is 33.4 Å². The molecule has 2 aliphatic heterocycles. The molecule has 0 atom stereocenters. The van der Waals surface area contributed by atoms with Crippen LogP contribution in [-0.4, -0.2) is 15.8 Å². The molecule has 0 unspecified atom stereocenters. The van der Waals surface area contributed by atoms with Crippen LogP contribution in [0.1, 0.15) is 168 Å². The second kappa shape index (κ2) is 25.1. The third kappa shape index (κ3) is 11.8. The number of anilines is 6. The maximum absolute atomic E-state index is 10.0. The lowest BCUT2D eigenvalue weighted by Crippen LogP contribution is -2.61. The van der Waals surface area contributed by atoms with E-state index in [1.807, 2.05) is 12.1 Å². The largest absolute Gasteiger partial charge is 0.310 e. The predicted molar refractivity (Wildman–Crippen MR) is 468 cm³/mol. The molecule has 2 aromatic heterocycles. The van der Waals surface area contributed by atoms with Gasteiger partial charge in [0.1, 0.15) is 0 Å². The summed E-state index contributed by atoms with van der Waals surface area (Å²) < 4.78 is 35.1. The Hall–Kier alpha value is -10.9. The number of hydrogen-bond acceptors (Lipinski definition) is 2. The van der Waals surface area contributed by atoms with Crippen molar-refractivity contribution >= 4 is 101 Å². The van der Waals surface area contributed by atoms with Gasteiger partial charge in [-0.15, -0.1) is 0 Å². The normalized spacial score (nSPS) is 14.0. The Labute approximate surface area is 645 Å². The fourth-order valence-corrected chi connectivity index (χ4v) is 17.2. The van der Waals surface area contributed by atoms with Crippen LogP contribution in [0.3, 0.4) is 0 Å². The van der Waals surface area contributed by atoms with Gasteiger partial charge < -0.3 is 18.9 Å². The molecule has 0 bridgehead atoms. The number of rotatable bonds is 8. The second-order valence-corrected chi connectivity index (χ2v) is 36.9. The van der Waals surface area contributed by atoms with E-state index in [4.69, 9.17) is 0 Å². The highest BCUT2D eigenvalue weighted by atomic mass is 15.2. The maximum Gasteiger partial charge on any atom is 0.252 e. The number of aromatic nitrogens is 2. The first-order valence-corrected chi connectivity index (χ1v) is 38.8. The lowest BCUT2D eigenvalue weighted by molar-refractivity contribution is 0.590. The van der Waals surface area contributed by atoms with E-state index in [0.29, 0.717) is 0 Å². The summed E-state index contributed by atoms with van der Waals surface area (Å²) in [5.41, 5.74) is 30.1. The Balaban J connectivity index is 1.08. The summed E-state index contributed by atoms with van der Waals surface area (Å²) in [7, 11) is 0. The minimum absolute atomic E-state index is 0.102. The Bertz CT molecular complexity index is 5970. The molecule has 0 N–H and O–H groups in total. The Morgan fingerprint density at radius 3 is 0.880 bits per heavy atom. The van der Waals surface area contributed by atoms with Crippen LogP contribution < -0.4 is 26.2 Å². The lowest BCUT2D eigenvalue weighted by Gasteiger charge is -2.46. The van der Waals surface area contributed by atoms with E-state index >= 15 is 0 Å². The fraction of sp³-hybridized carbons (Fsp3) is 0.243. The molecule has 4 nitrogen and oxygen atoms in total. The van der Waals surface area contributed by atoms with Crippen LogP contribution in [0, 0.1) is 6.85 Å². The molecule has 0 radical (unpaired) electrons. The van der Waals surface area contributed by atoms with Crippen molar-refractivity contribution in [3.05, 3.63) is 306 Å². The molecule has 4 heterocycles. The van der Waals surface area contributed by atoms with Crippen LogP contribution in [-0.2, 0) is 32.5 Å². The molecule has 17 rings (SSSR count). The van der Waals surface area contributed by atoms with Gasteiger partial charge in [0.25, 0.3) is 6.71 Å². The van der Waals surface area contributed by atoms with Crippen LogP contribution in [0.15, 0.2) is 267 Å². The highest BCUT2D eigenvalue weighted by Gasteiger charge is 2.46. The quantitative estimate of drug-likeness (QED) is 0.141. The summed E-state index contributed by atoms with van der Waals surface area (Å²) in [5, 5.41) is 4.78. The van der Waals surface area contributed by atoms with Crippen LogP contribution >= 0.6 is 0 Å². The number of hydrogen-bond donors (Lipinski definition) is 0. The molecule has 0 aliphatic carbocycles. The van der Waals surface area contributed by atoms with Gasteiger partial charge in [0.15, 0.2) is 0 Å². The molecule has 0 amide bonds. The van der Waals surface area contributed by atoms with Gasteiger partial charge in [0, 0.05) is 82.0 Å². The number of benzene rings is 13. The molecule has 536 valence electrons. The molecule has 5 heteroatoms. The molecule has 2 aliphatic rings. The van der Waals surface area contributed by atoms with E-state index in [-0.39, 0.29) is 38.1 Å². The minimum Gasteiger partial charge on any atom is -0.310 e. The SMILES string of the molecule is [2H]C([2H])([2H])c1cc2c3c(c1)N(c1c(-c4ccccc4)cc(C(C)(C)C)cc1-c1ccccc1)c1cc(-n4c5cc(C(C)(C)C)ccc5c5ccc(C(C)(C)C)cc54)ccc1B3c1ccc(-n3c4ccc(C(C)(C)C)cc4c4cc(C(C)(C)C)ccc43)cc1N2c1c(-c2ccccc2)cc(C(C)(C)C)cc1-c1ccccc1. The van der Waals surface area contributed by atoms with Gasteiger partial charge in [-0.1, -0.05) is 294 Å². The zero-order valence-electron chi connectivity index (χ0n) is 69.3. The molecule has 0 saturated heterocycles. The van der Waals surface area contributed by atoms with Crippen molar-refractivity contribution in [2.45, 2.75) is 164 Å². The van der Waals surface area contributed by atoms with E-state index in [2.05, 4.69) is 398 Å². The summed E-state index contributed by atoms with van der Waals surface area (Å²) in [6, 6.07) is 100. The van der Waals surface area contributed by atoms with Crippen molar-refractivity contribution in [1.29, 1.82) is 0 Å². The van der Waals surface area contributed by atoms with Crippen molar-refractivity contribution in [3.63, 3.8) is 0 Å². The fourth-order valence-electron chi connectivity index (χ4n) is 17.2. The highest BCUT2D eigenvalue weighted by Crippen LogP contribution is 2.56. The van der Waals surface area contributed by atoms with Gasteiger partial charge in [-0.3, -0.25) is 0 Å². The first kappa shape index (κ1) is 66.6. The number of aryl methyl sites for hydroxylation is 1. The van der Waals surface area contributed by atoms with Crippen LogP contribution in [0.25, 0.3) is 99.5 Å². The third-order valence-corrected chi connectivity index (χ3v) is 23.3. The summed E-state index contributed by atoms with van der Waals surface area (Å²) >= 11 is 0. The number of fused-ring (bicyclic) bond motifs is 10. The van der Waals surface area contributed by atoms with Crippen LogP contribution in [0.5, 0.6) is 0 Å². The van der Waals surface area contributed by atoms with Crippen molar-refractivity contribution in [2.24, 2.45) is 0 Å². The van der Waals surface area contributed by atoms with Gasteiger partial charge >= 0.3 is 0 Å². The smallest absolute Gasteiger partial charge is 0.252 e. The Morgan fingerprint density at radius 2 is 0.565 bits per heavy atom. The van der Waals surface area contributed by atoms with Crippen molar-refractivity contribution in [1.82, 2.24) is 9.13 Å². The van der Waals surface area contributed by atoms with Gasteiger partial charge in [-0.25, -0.2) is 0 Å². The zero-order chi connectivity index (χ0) is 78.1. The molecular formula is C103H101BN4. The molecule has 0 saturated carbocycles. The Morgan fingerprint density at radius 1 is 0.259 bits per heavy atom. The summed E-state index contributed by atoms with van der Waals surface area (Å²) in [5.74, 6) is 0. The van der Waals surface area contributed by atoms with Gasteiger partial charge in [-0.2, -0.15) is 0 Å². The average molecular weight is 1410 g/mol. The topological polar surface area (TPSA) is 16.3 Å². The minimum atomic E-state index is -2.59. The predicted octanol–water partition coefficient (Wildman–Crippen LogP) is 26.7. The molecule has 108 heavy (non-hydrogen) atoms. The molecular weight excluding hydrogens is 1300 g/mol. The van der Waals surface area contributed by atoms with Crippen molar-refractivity contribution in [3.8, 4) is 55.9 Å². The van der Waals surface area contributed by atoms with E-state index < -0.39 is 13.6 Å². The molecule has 0 spiro atoms. The van der Waals surface area contributed by atoms with E-state index in [1.54, 1.807) is 0 Å². The van der Waals surface area contributed by atoms with Crippen molar-refractivity contribution < 1.29 is 4.11 Å². The maximum atomic E-state index is 10.0. The van der Waals surface area contributed by atoms with E-state index in [9.17, 15) is 4.11 Å². The third-order valence-electron chi connectivity index (χ3n) is 23.3.